The Labute approximate surface area is 123 Å². The highest BCUT2D eigenvalue weighted by Crippen LogP contribution is 2.47. The maximum absolute atomic E-state index is 12.3. The summed E-state index contributed by atoms with van der Waals surface area (Å²) in [5.74, 6) is 0.125. The van der Waals surface area contributed by atoms with Gasteiger partial charge in [0.1, 0.15) is 5.82 Å². The number of nitrogen functional groups attached to an aromatic ring is 1. The largest absolute Gasteiger partial charge is 0.382 e. The second-order valence-corrected chi connectivity index (χ2v) is 9.55. The smallest absolute Gasteiger partial charge is 0.255 e. The van der Waals surface area contributed by atoms with Crippen molar-refractivity contribution in [3.05, 3.63) is 22.8 Å². The fraction of sp³-hybridized carbons (Fsp3) is 0.538. The lowest BCUT2D eigenvalue weighted by atomic mass is 10.1. The van der Waals surface area contributed by atoms with Gasteiger partial charge in [-0.1, -0.05) is 11.6 Å². The van der Waals surface area contributed by atoms with Crippen LogP contribution in [0.15, 0.2) is 12.3 Å². The molecule has 5 nitrogen and oxygen atoms in total. The average Bonchev–Trinajstić information content (AvgIpc) is 2.40. The molecule has 1 aliphatic rings. The molecular weight excluding hydrogens is 297 g/mol. The molecule has 1 saturated heterocycles. The maximum Gasteiger partial charge on any atom is 0.255 e. The van der Waals surface area contributed by atoms with Gasteiger partial charge >= 0.3 is 0 Å². The molecule has 0 radical (unpaired) electrons. The molecule has 7 heteroatoms. The van der Waals surface area contributed by atoms with Crippen molar-refractivity contribution in [1.29, 1.82) is 0 Å². The molecule has 0 aromatic carbocycles. The molecular formula is C13H19ClN3O2P. The summed E-state index contributed by atoms with van der Waals surface area (Å²) in [6.07, 6.45) is 3.01. The first-order valence-corrected chi connectivity index (χ1v) is 9.59. The molecule has 0 spiro atoms. The van der Waals surface area contributed by atoms with Crippen molar-refractivity contribution in [2.24, 2.45) is 0 Å². The number of nitrogens with two attached hydrogens (primary N) is 1. The normalized spacial score (nSPS) is 17.2. The lowest BCUT2D eigenvalue weighted by Crippen LogP contribution is -2.40. The van der Waals surface area contributed by atoms with Crippen LogP contribution in [0.4, 0.5) is 5.82 Å². The SMILES string of the molecule is CP(C)(=O)C1CCN(C(=O)c2cnc(N)c(Cl)c2)CC1. The van der Waals surface area contributed by atoms with Crippen molar-refractivity contribution >= 4 is 30.5 Å². The van der Waals surface area contributed by atoms with Crippen LogP contribution in [0, 0.1) is 0 Å². The molecule has 0 unspecified atom stereocenters. The van der Waals surface area contributed by atoms with E-state index in [9.17, 15) is 9.36 Å². The predicted octanol–water partition coefficient (Wildman–Crippen LogP) is 2.54. The first kappa shape index (κ1) is 15.3. The van der Waals surface area contributed by atoms with E-state index in [1.54, 1.807) is 11.0 Å². The summed E-state index contributed by atoms with van der Waals surface area (Å²) in [6.45, 7) is 4.88. The summed E-state index contributed by atoms with van der Waals surface area (Å²) in [5.41, 5.74) is 6.20. The number of carbonyl (C=O) groups excluding carboxylic acids is 1. The van der Waals surface area contributed by atoms with Gasteiger partial charge < -0.3 is 15.2 Å². The molecule has 1 amide bonds. The van der Waals surface area contributed by atoms with Crippen LogP contribution in [0.3, 0.4) is 0 Å². The third-order valence-corrected chi connectivity index (χ3v) is 6.33. The van der Waals surface area contributed by atoms with Crippen molar-refractivity contribution in [3.8, 4) is 0 Å². The number of hydrogen-bond donors (Lipinski definition) is 1. The van der Waals surface area contributed by atoms with E-state index < -0.39 is 7.14 Å². The zero-order chi connectivity index (χ0) is 14.9. The van der Waals surface area contributed by atoms with Crippen molar-refractivity contribution in [2.75, 3.05) is 32.2 Å². The van der Waals surface area contributed by atoms with E-state index in [2.05, 4.69) is 4.98 Å². The second-order valence-electron chi connectivity index (χ2n) is 5.55. The van der Waals surface area contributed by atoms with E-state index in [4.69, 9.17) is 17.3 Å². The minimum Gasteiger partial charge on any atom is -0.382 e. The maximum atomic E-state index is 12.3. The fourth-order valence-corrected chi connectivity index (χ4v) is 4.08. The Bertz CT molecular complexity index is 565. The predicted molar refractivity (Wildman–Crippen MR) is 82.0 cm³/mol. The van der Waals surface area contributed by atoms with Crippen LogP contribution in [-0.2, 0) is 4.57 Å². The molecule has 2 N–H and O–H groups in total. The molecule has 20 heavy (non-hydrogen) atoms. The summed E-state index contributed by atoms with van der Waals surface area (Å²) in [5, 5.41) is 0.289. The van der Waals surface area contributed by atoms with E-state index in [0.29, 0.717) is 18.7 Å². The number of carbonyl (C=O) groups is 1. The van der Waals surface area contributed by atoms with Crippen molar-refractivity contribution in [1.82, 2.24) is 9.88 Å². The van der Waals surface area contributed by atoms with Crippen LogP contribution < -0.4 is 5.73 Å². The van der Waals surface area contributed by atoms with Gasteiger partial charge in [0.2, 0.25) is 0 Å². The van der Waals surface area contributed by atoms with Crippen molar-refractivity contribution in [2.45, 2.75) is 18.5 Å². The van der Waals surface area contributed by atoms with E-state index in [-0.39, 0.29) is 22.4 Å². The van der Waals surface area contributed by atoms with Crippen LogP contribution in [0.25, 0.3) is 0 Å². The monoisotopic (exact) mass is 315 g/mol. The summed E-state index contributed by atoms with van der Waals surface area (Å²) >= 11 is 5.88. The van der Waals surface area contributed by atoms with Gasteiger partial charge in [-0.25, -0.2) is 4.98 Å². The topological polar surface area (TPSA) is 76.3 Å². The van der Waals surface area contributed by atoms with Crippen LogP contribution in [0.2, 0.25) is 5.02 Å². The lowest BCUT2D eigenvalue weighted by Gasteiger charge is -2.33. The number of hydrogen-bond acceptors (Lipinski definition) is 4. The van der Waals surface area contributed by atoms with Crippen LogP contribution in [0.5, 0.6) is 0 Å². The van der Waals surface area contributed by atoms with E-state index in [1.165, 1.54) is 6.20 Å². The van der Waals surface area contributed by atoms with Crippen LogP contribution in [0.1, 0.15) is 23.2 Å². The van der Waals surface area contributed by atoms with E-state index in [0.717, 1.165) is 12.8 Å². The Morgan fingerprint density at radius 3 is 2.55 bits per heavy atom. The summed E-state index contributed by atoms with van der Waals surface area (Å²) in [7, 11) is -2.07. The highest BCUT2D eigenvalue weighted by molar-refractivity contribution is 7.63. The van der Waals surface area contributed by atoms with Crippen LogP contribution >= 0.6 is 18.7 Å². The number of likely N-dealkylation sites (tertiary alicyclic amines) is 1. The lowest BCUT2D eigenvalue weighted by molar-refractivity contribution is 0.0725. The number of aromatic nitrogens is 1. The van der Waals surface area contributed by atoms with Gasteiger partial charge in [-0.05, 0) is 32.2 Å². The van der Waals surface area contributed by atoms with E-state index >= 15 is 0 Å². The molecule has 0 atom stereocenters. The van der Waals surface area contributed by atoms with Gasteiger partial charge in [-0.3, -0.25) is 4.79 Å². The summed E-state index contributed by atoms with van der Waals surface area (Å²) in [6, 6.07) is 1.54. The molecule has 0 bridgehead atoms. The van der Waals surface area contributed by atoms with Gasteiger partial charge in [0.05, 0.1) is 17.7 Å². The molecule has 110 valence electrons. The quantitative estimate of drug-likeness (QED) is 0.851. The zero-order valence-corrected chi connectivity index (χ0v) is 13.3. The molecule has 1 aromatic heterocycles. The minimum atomic E-state index is -2.07. The minimum absolute atomic E-state index is 0.0973. The first-order chi connectivity index (χ1) is 9.29. The standard InChI is InChI=1S/C13H19ClN3O2P/c1-20(2,19)10-3-5-17(6-4-10)13(18)9-7-11(14)12(15)16-8-9/h7-8,10H,3-6H2,1-2H3,(H2,15,16). The Morgan fingerprint density at radius 2 is 2.05 bits per heavy atom. The highest BCUT2D eigenvalue weighted by atomic mass is 35.5. The molecule has 0 aliphatic carbocycles. The van der Waals surface area contributed by atoms with Gasteiger partial charge in [0, 0.05) is 24.9 Å². The summed E-state index contributed by atoms with van der Waals surface area (Å²) in [4.78, 5) is 18.0. The van der Waals surface area contributed by atoms with Crippen molar-refractivity contribution in [3.63, 3.8) is 0 Å². The second kappa shape index (κ2) is 5.74. The number of pyridine rings is 1. The Morgan fingerprint density at radius 1 is 1.45 bits per heavy atom. The molecule has 1 aromatic rings. The average molecular weight is 316 g/mol. The molecule has 0 saturated carbocycles. The number of nitrogens with zero attached hydrogens (tertiary/aromatic N) is 2. The third-order valence-electron chi connectivity index (χ3n) is 3.75. The Kier molecular flexibility index (Phi) is 4.40. The van der Waals surface area contributed by atoms with Gasteiger partial charge in [-0.2, -0.15) is 0 Å². The van der Waals surface area contributed by atoms with E-state index in [1.807, 2.05) is 13.3 Å². The number of amides is 1. The first-order valence-electron chi connectivity index (χ1n) is 6.54. The van der Waals surface area contributed by atoms with Crippen LogP contribution in [-0.4, -0.2) is 47.9 Å². The van der Waals surface area contributed by atoms with Gasteiger partial charge in [0.15, 0.2) is 0 Å². The fourth-order valence-electron chi connectivity index (χ4n) is 2.44. The Balaban J connectivity index is 2.05. The molecule has 1 fully saturated rings. The number of anilines is 1. The zero-order valence-electron chi connectivity index (χ0n) is 11.7. The number of piperidine rings is 1. The summed E-state index contributed by atoms with van der Waals surface area (Å²) < 4.78 is 12.1. The third kappa shape index (κ3) is 3.33. The Hall–Kier alpha value is -1.06. The number of rotatable bonds is 2. The molecule has 1 aliphatic heterocycles. The van der Waals surface area contributed by atoms with Crippen molar-refractivity contribution < 1.29 is 9.36 Å². The van der Waals surface area contributed by atoms with Gasteiger partial charge in [-0.15, -0.1) is 0 Å². The molecule has 2 rings (SSSR count). The molecule has 2 heterocycles. The van der Waals surface area contributed by atoms with Gasteiger partial charge in [0.25, 0.3) is 5.91 Å². The highest BCUT2D eigenvalue weighted by Gasteiger charge is 2.30. The number of halogens is 1.